The first kappa shape index (κ1) is 28.1. The molecule has 2 aromatic rings. The third-order valence-corrected chi connectivity index (χ3v) is 6.03. The summed E-state index contributed by atoms with van der Waals surface area (Å²) in [7, 11) is 2.07. The van der Waals surface area contributed by atoms with Crippen LogP contribution in [0, 0.1) is 5.82 Å². The predicted octanol–water partition coefficient (Wildman–Crippen LogP) is 6.61. The zero-order valence-corrected chi connectivity index (χ0v) is 21.6. The van der Waals surface area contributed by atoms with E-state index in [-0.39, 0.29) is 17.5 Å². The molecule has 0 saturated carbocycles. The Morgan fingerprint density at radius 2 is 1.78 bits per heavy atom. The number of aromatic nitrogens is 1. The van der Waals surface area contributed by atoms with Gasteiger partial charge in [0, 0.05) is 30.9 Å². The summed E-state index contributed by atoms with van der Waals surface area (Å²) in [6, 6.07) is 8.79. The Kier molecular flexibility index (Phi) is 13.2. The van der Waals surface area contributed by atoms with Crippen molar-refractivity contribution in [3.8, 4) is 11.1 Å². The van der Waals surface area contributed by atoms with E-state index in [1.807, 2.05) is 32.9 Å². The number of hydrogen-bond acceptors (Lipinski definition) is 4. The number of carbonyl (C=O) groups is 1. The summed E-state index contributed by atoms with van der Waals surface area (Å²) in [5.41, 5.74) is 1.69. The molecular weight excluding hydrogens is 421 g/mol. The van der Waals surface area contributed by atoms with E-state index in [2.05, 4.69) is 37.7 Å². The minimum atomic E-state index is -0.486. The molecule has 1 aromatic carbocycles. The van der Waals surface area contributed by atoms with Crippen LogP contribution in [0.4, 0.5) is 4.39 Å². The Morgan fingerprint density at radius 3 is 2.28 bits per heavy atom. The van der Waals surface area contributed by atoms with Gasteiger partial charge in [-0.3, -0.25) is 4.79 Å². The van der Waals surface area contributed by atoms with Gasteiger partial charge in [-0.25, -0.2) is 9.37 Å². The average Bonchev–Trinajstić information content (AvgIpc) is 2.81. The van der Waals surface area contributed by atoms with Gasteiger partial charge >= 0.3 is 0 Å². The number of halogens is 1. The van der Waals surface area contributed by atoms with Crippen molar-refractivity contribution in [1.29, 1.82) is 0 Å². The molecule has 0 N–H and O–H groups in total. The van der Waals surface area contributed by atoms with Crippen molar-refractivity contribution >= 4 is 17.7 Å². The Labute approximate surface area is 198 Å². The van der Waals surface area contributed by atoms with Crippen molar-refractivity contribution in [2.24, 2.45) is 0 Å². The molecule has 1 unspecified atom stereocenters. The van der Waals surface area contributed by atoms with Crippen molar-refractivity contribution in [1.82, 2.24) is 14.8 Å². The molecule has 1 amide bonds. The van der Waals surface area contributed by atoms with Crippen molar-refractivity contribution in [2.45, 2.75) is 65.5 Å². The highest BCUT2D eigenvalue weighted by Crippen LogP contribution is 2.25. The van der Waals surface area contributed by atoms with Gasteiger partial charge in [0.2, 0.25) is 0 Å². The van der Waals surface area contributed by atoms with Crippen LogP contribution in [-0.4, -0.2) is 59.2 Å². The number of hydrogen-bond donors (Lipinski definition) is 0. The predicted molar refractivity (Wildman–Crippen MR) is 136 cm³/mol. The number of likely N-dealkylation sites (N-methyl/N-ethyl adjacent to an activating group) is 2. The number of nitrogens with zero attached hydrogens (tertiary/aromatic N) is 3. The van der Waals surface area contributed by atoms with E-state index >= 15 is 0 Å². The Balaban J connectivity index is 0.00000249. The fourth-order valence-electron chi connectivity index (χ4n) is 3.66. The number of amides is 1. The van der Waals surface area contributed by atoms with Crippen LogP contribution < -0.4 is 0 Å². The minimum Gasteiger partial charge on any atom is -0.335 e. The topological polar surface area (TPSA) is 36.4 Å². The maximum Gasteiger partial charge on any atom is 0.257 e. The number of rotatable bonds is 11. The van der Waals surface area contributed by atoms with Crippen molar-refractivity contribution in [3.63, 3.8) is 0 Å². The molecule has 1 atom stereocenters. The molecule has 0 bridgehead atoms. The van der Waals surface area contributed by atoms with Gasteiger partial charge in [-0.05, 0) is 62.9 Å². The molecule has 0 aliphatic heterocycles. The molecule has 0 fully saturated rings. The van der Waals surface area contributed by atoms with Gasteiger partial charge in [-0.1, -0.05) is 46.8 Å². The highest BCUT2D eigenvalue weighted by Gasteiger charge is 2.25. The number of thioether (sulfide) groups is 1. The maximum absolute atomic E-state index is 15.0. The second-order valence-electron chi connectivity index (χ2n) is 7.43. The monoisotopic (exact) mass is 461 g/mol. The summed E-state index contributed by atoms with van der Waals surface area (Å²) >= 11 is 1.67. The lowest BCUT2D eigenvalue weighted by atomic mass is 10.0. The smallest absolute Gasteiger partial charge is 0.257 e. The first-order valence-corrected chi connectivity index (χ1v) is 12.8. The van der Waals surface area contributed by atoms with Gasteiger partial charge < -0.3 is 9.80 Å². The molecular formula is C26H40FN3OS. The maximum atomic E-state index is 15.0. The van der Waals surface area contributed by atoms with Crippen LogP contribution in [-0.2, 0) is 0 Å². The molecule has 178 valence electrons. The summed E-state index contributed by atoms with van der Waals surface area (Å²) in [5.74, 6) is 0.226. The van der Waals surface area contributed by atoms with Crippen LogP contribution >= 0.6 is 11.8 Å². The van der Waals surface area contributed by atoms with E-state index in [4.69, 9.17) is 0 Å². The highest BCUT2D eigenvalue weighted by molar-refractivity contribution is 7.99. The van der Waals surface area contributed by atoms with Gasteiger partial charge in [-0.15, -0.1) is 11.8 Å². The van der Waals surface area contributed by atoms with Gasteiger partial charge in [0.1, 0.15) is 5.82 Å². The van der Waals surface area contributed by atoms with E-state index in [0.29, 0.717) is 6.54 Å². The SMILES string of the molecule is CC.CCCN(C)CC(CC)N(CC)C(=O)c1ccc(-c2ccc(SCC)nc2)cc1F. The molecule has 4 nitrogen and oxygen atoms in total. The molecule has 0 saturated heterocycles. The molecule has 0 spiro atoms. The molecule has 0 aliphatic rings. The number of pyridine rings is 1. The van der Waals surface area contributed by atoms with Crippen molar-refractivity contribution in [2.75, 3.05) is 32.4 Å². The fourth-order valence-corrected chi connectivity index (χ4v) is 4.24. The lowest BCUT2D eigenvalue weighted by Crippen LogP contribution is -2.46. The lowest BCUT2D eigenvalue weighted by molar-refractivity contribution is 0.0641. The normalized spacial score (nSPS) is 11.7. The summed E-state index contributed by atoms with van der Waals surface area (Å²) in [6.07, 6.45) is 3.65. The van der Waals surface area contributed by atoms with Gasteiger partial charge in [0.25, 0.3) is 5.91 Å². The van der Waals surface area contributed by atoms with Gasteiger partial charge in [-0.2, -0.15) is 0 Å². The van der Waals surface area contributed by atoms with Crippen molar-refractivity contribution in [3.05, 3.63) is 47.9 Å². The first-order chi connectivity index (χ1) is 15.4. The largest absolute Gasteiger partial charge is 0.335 e. The van der Waals surface area contributed by atoms with Gasteiger partial charge in [0.15, 0.2) is 0 Å². The Hall–Kier alpha value is -1.92. The van der Waals surface area contributed by atoms with Crippen LogP contribution in [0.25, 0.3) is 11.1 Å². The summed E-state index contributed by atoms with van der Waals surface area (Å²) in [6.45, 7) is 14.6. The van der Waals surface area contributed by atoms with E-state index in [0.717, 1.165) is 47.8 Å². The molecule has 32 heavy (non-hydrogen) atoms. The van der Waals surface area contributed by atoms with E-state index in [1.54, 1.807) is 35.0 Å². The molecule has 2 rings (SSSR count). The van der Waals surface area contributed by atoms with Crippen LogP contribution in [0.15, 0.2) is 41.6 Å². The fraction of sp³-hybridized carbons (Fsp3) is 0.538. The van der Waals surface area contributed by atoms with Crippen molar-refractivity contribution < 1.29 is 9.18 Å². The number of benzene rings is 1. The third-order valence-electron chi connectivity index (χ3n) is 5.20. The summed E-state index contributed by atoms with van der Waals surface area (Å²) < 4.78 is 15.0. The summed E-state index contributed by atoms with van der Waals surface area (Å²) in [5, 5.41) is 0.950. The molecule has 6 heteroatoms. The first-order valence-electron chi connectivity index (χ1n) is 11.8. The Bertz CT molecular complexity index is 813. The van der Waals surface area contributed by atoms with Crippen LogP contribution in [0.2, 0.25) is 0 Å². The average molecular weight is 462 g/mol. The minimum absolute atomic E-state index is 0.0611. The molecule has 0 aliphatic carbocycles. The second kappa shape index (κ2) is 15.0. The second-order valence-corrected chi connectivity index (χ2v) is 8.71. The van der Waals surface area contributed by atoms with E-state index < -0.39 is 5.82 Å². The molecule has 1 heterocycles. The van der Waals surface area contributed by atoms with E-state index in [1.165, 1.54) is 6.07 Å². The lowest BCUT2D eigenvalue weighted by Gasteiger charge is -2.33. The van der Waals surface area contributed by atoms with Crippen LogP contribution in [0.5, 0.6) is 0 Å². The quantitative estimate of drug-likeness (QED) is 0.353. The molecule has 0 radical (unpaired) electrons. The van der Waals surface area contributed by atoms with Gasteiger partial charge in [0.05, 0.1) is 10.6 Å². The van der Waals surface area contributed by atoms with E-state index in [9.17, 15) is 9.18 Å². The van der Waals surface area contributed by atoms with Crippen LogP contribution in [0.1, 0.15) is 64.7 Å². The Morgan fingerprint density at radius 1 is 1.09 bits per heavy atom. The molecule has 1 aromatic heterocycles. The number of carbonyl (C=O) groups excluding carboxylic acids is 1. The zero-order chi connectivity index (χ0) is 24.1. The summed E-state index contributed by atoms with van der Waals surface area (Å²) in [4.78, 5) is 21.6. The third kappa shape index (κ3) is 7.89. The van der Waals surface area contributed by atoms with Crippen LogP contribution in [0.3, 0.4) is 0 Å². The highest BCUT2D eigenvalue weighted by atomic mass is 32.2. The standard InChI is InChI=1S/C24H34FN3OS.C2H6/c1-6-14-27(5)17-20(7-2)28(8-3)24(29)21-12-10-18(15-22(21)25)19-11-13-23(26-16-19)30-9-4;1-2/h10-13,15-16,20H,6-9,14,17H2,1-5H3;1-2H3. The zero-order valence-electron chi connectivity index (χ0n) is 20.8.